The molecule has 0 bridgehead atoms. The fourth-order valence-electron chi connectivity index (χ4n) is 10.1. The van der Waals surface area contributed by atoms with E-state index in [4.69, 9.17) is 0 Å². The molecule has 0 amide bonds. The van der Waals surface area contributed by atoms with Crippen LogP contribution in [-0.4, -0.2) is 39.3 Å². The van der Waals surface area contributed by atoms with Gasteiger partial charge in [0.15, 0.2) is 0 Å². The Labute approximate surface area is 505 Å². The van der Waals surface area contributed by atoms with Gasteiger partial charge in [-0.15, -0.1) is 0 Å². The topological polar surface area (TPSA) is 158 Å². The maximum absolute atomic E-state index is 4.41. The monoisotopic (exact) mass is 1140 g/mol. The van der Waals surface area contributed by atoms with Crippen molar-refractivity contribution in [3.05, 3.63) is 234 Å². The van der Waals surface area contributed by atoms with E-state index >= 15 is 0 Å². The van der Waals surface area contributed by atoms with E-state index in [1.54, 1.807) is 0 Å². The molecule has 0 N–H and O–H groups in total. The van der Waals surface area contributed by atoms with Crippen molar-refractivity contribution >= 4 is 85.3 Å². The molecule has 0 aromatic heterocycles. The third kappa shape index (κ3) is 17.8. The smallest absolute Gasteiger partial charge is 0.0887 e. The van der Waals surface area contributed by atoms with Gasteiger partial charge in [0.2, 0.25) is 0 Å². The van der Waals surface area contributed by atoms with Crippen LogP contribution >= 0.6 is 0 Å². The van der Waals surface area contributed by atoms with Gasteiger partial charge in [0.05, 0.1) is 68.2 Å². The lowest BCUT2D eigenvalue weighted by Crippen LogP contribution is -2.17. The second-order valence-corrected chi connectivity index (χ2v) is 21.8. The highest BCUT2D eigenvalue weighted by atomic mass is 15.2. The largest absolute Gasteiger partial charge is 0.372 e. The van der Waals surface area contributed by atoms with Gasteiger partial charge in [-0.05, 0) is 271 Å². The SMILES string of the molecule is Cc1cccc(N=Nc2ccc(N=Nc3ccc(N4CCCC4)cc3)c(C)c2)c1.Cc1cccc(N=Nc2ccc(N=Nc3ccc(N4CCCC4)cc3)cc2)c1.Cc1cccc(N=Nc2ccc(N=Nc3ccc(N4CCCC4)cc3)cc2C)c1. The Bertz CT molecular complexity index is 3830. The highest BCUT2D eigenvalue weighted by Gasteiger charge is 2.14. The molecule has 3 fully saturated rings. The summed E-state index contributed by atoms with van der Waals surface area (Å²) in [5, 5.41) is 52.1. The molecule has 0 unspecified atom stereocenters. The van der Waals surface area contributed by atoms with Crippen LogP contribution in [0.2, 0.25) is 0 Å². The number of aryl methyl sites for hydroxylation is 5. The minimum atomic E-state index is 0.787. The Morgan fingerprint density at radius 1 is 0.221 bits per heavy atom. The van der Waals surface area contributed by atoms with Crippen molar-refractivity contribution in [1.82, 2.24) is 0 Å². The minimum absolute atomic E-state index is 0.787. The number of azo groups is 6. The zero-order valence-corrected chi connectivity index (χ0v) is 49.8. The number of nitrogens with zero attached hydrogens (tertiary/aromatic N) is 15. The zero-order valence-electron chi connectivity index (χ0n) is 49.8. The van der Waals surface area contributed by atoms with Gasteiger partial charge in [0.1, 0.15) is 0 Å². The van der Waals surface area contributed by atoms with Crippen LogP contribution in [0.3, 0.4) is 0 Å². The molecule has 432 valence electrons. The van der Waals surface area contributed by atoms with Crippen molar-refractivity contribution in [3.8, 4) is 0 Å². The van der Waals surface area contributed by atoms with Crippen LogP contribution < -0.4 is 14.7 Å². The molecule has 0 radical (unpaired) electrons. The van der Waals surface area contributed by atoms with E-state index < -0.39 is 0 Å². The molecule has 0 spiro atoms. The van der Waals surface area contributed by atoms with E-state index in [1.807, 2.05) is 204 Å². The molecule has 86 heavy (non-hydrogen) atoms. The van der Waals surface area contributed by atoms with Crippen molar-refractivity contribution in [2.75, 3.05) is 54.0 Å². The standard InChI is InChI=1S/2C24H25N5.C23H23N5/c1-18-6-5-7-21(16-18)27-28-24-13-10-22(17-19(24)2)26-25-20-8-11-23(12-9-20)29-14-3-4-15-29;1-18-6-5-7-21(16-18)26-27-22-10-13-24(19(2)17-22)28-25-20-8-11-23(12-9-20)29-14-3-4-15-29;1-18-5-4-6-22(17-18)27-26-20-9-7-19(8-10-20)24-25-21-11-13-23(14-12-21)28-15-2-3-16-28/h2*5-13,16-17H,3-4,14-15H2,1-2H3;4-14,17H,2-3,15-16H2,1H3. The Morgan fingerprint density at radius 3 is 0.709 bits per heavy atom. The minimum Gasteiger partial charge on any atom is -0.372 e. The van der Waals surface area contributed by atoms with Gasteiger partial charge in [-0.2, -0.15) is 61.4 Å². The number of anilines is 3. The molecule has 0 saturated carbocycles. The van der Waals surface area contributed by atoms with Crippen LogP contribution in [-0.2, 0) is 0 Å². The number of benzene rings is 9. The maximum atomic E-state index is 4.41. The second kappa shape index (κ2) is 30.0. The molecular weight excluding hydrogens is 1060 g/mol. The quantitative estimate of drug-likeness (QED) is 0.0937. The predicted octanol–water partition coefficient (Wildman–Crippen LogP) is 22.9. The van der Waals surface area contributed by atoms with Gasteiger partial charge in [-0.1, -0.05) is 36.4 Å². The van der Waals surface area contributed by atoms with Crippen LogP contribution in [0.15, 0.2) is 268 Å². The van der Waals surface area contributed by atoms with E-state index in [0.717, 1.165) is 119 Å². The first kappa shape index (κ1) is 59.2. The lowest BCUT2D eigenvalue weighted by molar-refractivity contribution is 0.949. The van der Waals surface area contributed by atoms with Gasteiger partial charge < -0.3 is 14.7 Å². The van der Waals surface area contributed by atoms with Crippen molar-refractivity contribution in [2.45, 2.75) is 73.1 Å². The fraction of sp³-hybridized carbons (Fsp3) is 0.239. The summed E-state index contributed by atoms with van der Waals surface area (Å²) in [6.07, 6.45) is 7.68. The Kier molecular flexibility index (Phi) is 20.6. The maximum Gasteiger partial charge on any atom is 0.0887 e. The number of hydrogen-bond donors (Lipinski definition) is 0. The number of rotatable bonds is 15. The highest BCUT2D eigenvalue weighted by molar-refractivity contribution is 5.59. The van der Waals surface area contributed by atoms with Gasteiger partial charge in [-0.3, -0.25) is 0 Å². The van der Waals surface area contributed by atoms with Crippen LogP contribution in [0.5, 0.6) is 0 Å². The van der Waals surface area contributed by atoms with E-state index in [9.17, 15) is 0 Å². The summed E-state index contributed by atoms with van der Waals surface area (Å²) in [5.74, 6) is 0. The van der Waals surface area contributed by atoms with Crippen molar-refractivity contribution in [1.29, 1.82) is 0 Å². The van der Waals surface area contributed by atoms with Gasteiger partial charge in [-0.25, -0.2) is 0 Å². The number of hydrogen-bond acceptors (Lipinski definition) is 15. The highest BCUT2D eigenvalue weighted by Crippen LogP contribution is 2.33. The molecular formula is C71H73N15. The molecule has 3 aliphatic heterocycles. The van der Waals surface area contributed by atoms with E-state index in [0.29, 0.717) is 0 Å². The summed E-state index contributed by atoms with van der Waals surface area (Å²) in [4.78, 5) is 7.23. The first-order valence-corrected chi connectivity index (χ1v) is 29.7. The molecule has 3 aliphatic rings. The lowest BCUT2D eigenvalue weighted by Gasteiger charge is -2.17. The van der Waals surface area contributed by atoms with Crippen LogP contribution in [0.4, 0.5) is 85.3 Å². The lowest BCUT2D eigenvalue weighted by atomic mass is 10.2. The molecule has 15 heteroatoms. The molecule has 9 aromatic rings. The molecule has 12 rings (SSSR count). The molecule has 3 saturated heterocycles. The summed E-state index contributed by atoms with van der Waals surface area (Å²) in [5.41, 5.74) is 19.3. The summed E-state index contributed by atoms with van der Waals surface area (Å²) in [6, 6.07) is 68.0. The zero-order chi connectivity index (χ0) is 59.3. The summed E-state index contributed by atoms with van der Waals surface area (Å²) >= 11 is 0. The molecule has 0 atom stereocenters. The van der Waals surface area contributed by atoms with Crippen LogP contribution in [0, 0.1) is 34.6 Å². The van der Waals surface area contributed by atoms with Crippen molar-refractivity contribution in [3.63, 3.8) is 0 Å². The van der Waals surface area contributed by atoms with Gasteiger partial charge in [0.25, 0.3) is 0 Å². The second-order valence-electron chi connectivity index (χ2n) is 21.8. The van der Waals surface area contributed by atoms with Crippen LogP contribution in [0.1, 0.15) is 66.3 Å². The van der Waals surface area contributed by atoms with E-state index in [-0.39, 0.29) is 0 Å². The van der Waals surface area contributed by atoms with E-state index in [2.05, 4.69) is 112 Å². The van der Waals surface area contributed by atoms with E-state index in [1.165, 1.54) is 72.3 Å². The molecule has 15 nitrogen and oxygen atoms in total. The Hall–Kier alpha value is -10.0. The Morgan fingerprint density at radius 2 is 0.442 bits per heavy atom. The van der Waals surface area contributed by atoms with Gasteiger partial charge >= 0.3 is 0 Å². The van der Waals surface area contributed by atoms with Gasteiger partial charge in [0, 0.05) is 56.3 Å². The van der Waals surface area contributed by atoms with Crippen LogP contribution in [0.25, 0.3) is 0 Å². The third-order valence-corrected chi connectivity index (χ3v) is 14.8. The summed E-state index contributed by atoms with van der Waals surface area (Å²) in [7, 11) is 0. The third-order valence-electron chi connectivity index (χ3n) is 14.8. The predicted molar refractivity (Wildman–Crippen MR) is 351 cm³/mol. The van der Waals surface area contributed by atoms with Crippen molar-refractivity contribution in [2.24, 2.45) is 61.4 Å². The Balaban J connectivity index is 0.000000143. The fourth-order valence-corrected chi connectivity index (χ4v) is 10.1. The molecule has 9 aromatic carbocycles. The molecule has 0 aliphatic carbocycles. The first-order valence-electron chi connectivity index (χ1n) is 29.7. The summed E-state index contributed by atoms with van der Waals surface area (Å²) < 4.78 is 0. The molecule has 3 heterocycles. The van der Waals surface area contributed by atoms with Crippen molar-refractivity contribution < 1.29 is 0 Å². The first-order chi connectivity index (χ1) is 42.1. The normalized spacial score (nSPS) is 14.4. The average molecular weight is 1140 g/mol. The summed E-state index contributed by atoms with van der Waals surface area (Å²) in [6.45, 7) is 17.0. The average Bonchev–Trinajstić information content (AvgIpc) is 4.52.